The molecule has 3 nitrogen and oxygen atoms in total. The molecule has 2 heterocycles. The zero-order chi connectivity index (χ0) is 14.3. The third kappa shape index (κ3) is 2.43. The van der Waals surface area contributed by atoms with E-state index in [-0.39, 0.29) is 18.1 Å². The summed E-state index contributed by atoms with van der Waals surface area (Å²) in [5, 5.41) is 1.53. The molecule has 0 N–H and O–H groups in total. The minimum atomic E-state index is 0.0122. The summed E-state index contributed by atoms with van der Waals surface area (Å²) >= 11 is 7.84. The molecule has 1 aliphatic heterocycles. The molecule has 5 heteroatoms. The molecule has 0 radical (unpaired) electrons. The predicted molar refractivity (Wildman–Crippen MR) is 82.7 cm³/mol. The maximum atomic E-state index is 12.7. The van der Waals surface area contributed by atoms with Gasteiger partial charge in [-0.3, -0.25) is 4.79 Å². The van der Waals surface area contributed by atoms with Crippen LogP contribution in [0.1, 0.15) is 23.5 Å². The number of benzene rings is 1. The van der Waals surface area contributed by atoms with Crippen molar-refractivity contribution in [2.24, 2.45) is 0 Å². The highest BCUT2D eigenvalue weighted by Gasteiger charge is 2.29. The van der Waals surface area contributed by atoms with Crippen LogP contribution in [-0.2, 0) is 4.74 Å². The van der Waals surface area contributed by atoms with E-state index in [1.54, 1.807) is 0 Å². The summed E-state index contributed by atoms with van der Waals surface area (Å²) in [7, 11) is 0. The molecule has 3 rings (SSSR count). The van der Waals surface area contributed by atoms with Crippen LogP contribution in [0.15, 0.2) is 24.3 Å². The van der Waals surface area contributed by atoms with Crippen LogP contribution in [0.4, 0.5) is 0 Å². The van der Waals surface area contributed by atoms with Gasteiger partial charge in [0.15, 0.2) is 0 Å². The van der Waals surface area contributed by atoms with Gasteiger partial charge in [0.2, 0.25) is 0 Å². The monoisotopic (exact) mass is 309 g/mol. The maximum Gasteiger partial charge on any atom is 0.265 e. The van der Waals surface area contributed by atoms with Gasteiger partial charge in [0.25, 0.3) is 5.91 Å². The average molecular weight is 310 g/mol. The molecule has 1 aromatic heterocycles. The second-order valence-electron chi connectivity index (χ2n) is 5.21. The van der Waals surface area contributed by atoms with Crippen molar-refractivity contribution in [2.75, 3.05) is 13.1 Å². The van der Waals surface area contributed by atoms with Gasteiger partial charge in [0, 0.05) is 23.2 Å². The van der Waals surface area contributed by atoms with E-state index >= 15 is 0 Å². The quantitative estimate of drug-likeness (QED) is 0.802. The number of hydrogen-bond donors (Lipinski definition) is 0. The van der Waals surface area contributed by atoms with Gasteiger partial charge in [-0.05, 0) is 19.9 Å². The Morgan fingerprint density at radius 2 is 1.95 bits per heavy atom. The van der Waals surface area contributed by atoms with Crippen molar-refractivity contribution in [3.63, 3.8) is 0 Å². The molecule has 0 bridgehead atoms. The Bertz CT molecular complexity index is 644. The fourth-order valence-electron chi connectivity index (χ4n) is 2.64. The van der Waals surface area contributed by atoms with Crippen LogP contribution < -0.4 is 0 Å². The number of halogens is 1. The molecular formula is C15H16ClNO2S. The minimum Gasteiger partial charge on any atom is -0.372 e. The average Bonchev–Trinajstić information content (AvgIpc) is 2.75. The van der Waals surface area contributed by atoms with Gasteiger partial charge in [0.05, 0.1) is 17.2 Å². The normalized spacial score (nSPS) is 23.2. The molecular weight excluding hydrogens is 294 g/mol. The van der Waals surface area contributed by atoms with Gasteiger partial charge in [0.1, 0.15) is 4.88 Å². The number of nitrogens with zero attached hydrogens (tertiary/aromatic N) is 1. The topological polar surface area (TPSA) is 29.5 Å². The van der Waals surface area contributed by atoms with Crippen LogP contribution in [0.2, 0.25) is 5.02 Å². The molecule has 2 aromatic rings. The van der Waals surface area contributed by atoms with Gasteiger partial charge < -0.3 is 9.64 Å². The van der Waals surface area contributed by atoms with Crippen molar-refractivity contribution in [3.05, 3.63) is 34.2 Å². The van der Waals surface area contributed by atoms with E-state index in [4.69, 9.17) is 16.3 Å². The number of morpholine rings is 1. The third-order valence-corrected chi connectivity index (χ3v) is 5.10. The summed E-state index contributed by atoms with van der Waals surface area (Å²) in [6, 6.07) is 7.85. The van der Waals surface area contributed by atoms with Crippen molar-refractivity contribution in [3.8, 4) is 0 Å². The Morgan fingerprint density at radius 1 is 1.30 bits per heavy atom. The Labute approximate surface area is 127 Å². The molecule has 1 amide bonds. The number of hydrogen-bond acceptors (Lipinski definition) is 3. The maximum absolute atomic E-state index is 12.7. The van der Waals surface area contributed by atoms with Crippen molar-refractivity contribution in [1.29, 1.82) is 0 Å². The zero-order valence-electron chi connectivity index (χ0n) is 11.4. The first-order valence-electron chi connectivity index (χ1n) is 6.68. The van der Waals surface area contributed by atoms with Crippen LogP contribution in [0.5, 0.6) is 0 Å². The second kappa shape index (κ2) is 5.35. The first-order chi connectivity index (χ1) is 9.56. The third-order valence-electron chi connectivity index (χ3n) is 3.44. The zero-order valence-corrected chi connectivity index (χ0v) is 13.0. The molecule has 0 unspecified atom stereocenters. The summed E-state index contributed by atoms with van der Waals surface area (Å²) < 4.78 is 6.72. The first kappa shape index (κ1) is 13.9. The second-order valence-corrected chi connectivity index (χ2v) is 6.64. The number of carbonyl (C=O) groups excluding carboxylic acids is 1. The van der Waals surface area contributed by atoms with Crippen molar-refractivity contribution in [1.82, 2.24) is 4.90 Å². The van der Waals surface area contributed by atoms with E-state index in [0.717, 1.165) is 10.1 Å². The number of ether oxygens (including phenoxy) is 1. The Hall–Kier alpha value is -1.10. The Balaban J connectivity index is 1.94. The van der Waals surface area contributed by atoms with E-state index in [9.17, 15) is 4.79 Å². The van der Waals surface area contributed by atoms with Gasteiger partial charge in [-0.25, -0.2) is 0 Å². The van der Waals surface area contributed by atoms with Crippen LogP contribution >= 0.6 is 22.9 Å². The lowest BCUT2D eigenvalue weighted by molar-refractivity contribution is -0.0584. The molecule has 1 saturated heterocycles. The van der Waals surface area contributed by atoms with Crippen molar-refractivity contribution in [2.45, 2.75) is 26.1 Å². The number of fused-ring (bicyclic) bond motifs is 1. The molecule has 1 aromatic carbocycles. The number of thiophene rings is 1. The summed E-state index contributed by atoms with van der Waals surface area (Å²) in [6.07, 6.45) is 0.131. The highest BCUT2D eigenvalue weighted by molar-refractivity contribution is 7.21. The van der Waals surface area contributed by atoms with Crippen molar-refractivity contribution < 1.29 is 9.53 Å². The summed E-state index contributed by atoms with van der Waals surface area (Å²) in [5.41, 5.74) is 0. The smallest absolute Gasteiger partial charge is 0.265 e. The van der Waals surface area contributed by atoms with Gasteiger partial charge in [-0.1, -0.05) is 29.8 Å². The predicted octanol–water partition coefficient (Wildman–Crippen LogP) is 3.80. The first-order valence-corrected chi connectivity index (χ1v) is 7.87. The minimum absolute atomic E-state index is 0.0122. The standard InChI is InChI=1S/C15H16ClNO2S/c1-9-7-17(8-10(2)19-9)15(18)14-13(16)11-5-3-4-6-12(11)20-14/h3-6,9-10H,7-8H2,1-2H3/t9-,10-/m1/s1. The van der Waals surface area contributed by atoms with E-state index in [0.29, 0.717) is 23.0 Å². The molecule has 0 spiro atoms. The molecule has 1 aliphatic rings. The van der Waals surface area contributed by atoms with Crippen LogP contribution in [-0.4, -0.2) is 36.1 Å². The van der Waals surface area contributed by atoms with Crippen LogP contribution in [0, 0.1) is 0 Å². The summed E-state index contributed by atoms with van der Waals surface area (Å²) in [5.74, 6) is 0.0122. The number of rotatable bonds is 1. The van der Waals surface area contributed by atoms with E-state index in [1.165, 1.54) is 11.3 Å². The van der Waals surface area contributed by atoms with E-state index < -0.39 is 0 Å². The number of amides is 1. The lowest BCUT2D eigenvalue weighted by Gasteiger charge is -2.35. The highest BCUT2D eigenvalue weighted by Crippen LogP contribution is 2.36. The molecule has 1 fully saturated rings. The SMILES string of the molecule is C[C@@H]1CN(C(=O)c2sc3ccccc3c2Cl)C[C@@H](C)O1. The van der Waals surface area contributed by atoms with Crippen LogP contribution in [0.3, 0.4) is 0 Å². The molecule has 0 aliphatic carbocycles. The molecule has 2 atom stereocenters. The van der Waals surface area contributed by atoms with Crippen molar-refractivity contribution >= 4 is 38.9 Å². The molecule has 106 valence electrons. The Morgan fingerprint density at radius 3 is 2.60 bits per heavy atom. The molecule has 20 heavy (non-hydrogen) atoms. The van der Waals surface area contributed by atoms with Gasteiger partial charge >= 0.3 is 0 Å². The largest absolute Gasteiger partial charge is 0.372 e. The summed E-state index contributed by atoms with van der Waals surface area (Å²) in [6.45, 7) is 5.21. The molecule has 0 saturated carbocycles. The Kier molecular flexibility index (Phi) is 3.71. The van der Waals surface area contributed by atoms with Gasteiger partial charge in [-0.2, -0.15) is 0 Å². The fourth-order valence-corrected chi connectivity index (χ4v) is 4.12. The summed E-state index contributed by atoms with van der Waals surface area (Å²) in [4.78, 5) is 15.2. The number of carbonyl (C=O) groups is 1. The lowest BCUT2D eigenvalue weighted by Crippen LogP contribution is -2.48. The van der Waals surface area contributed by atoms with E-state index in [2.05, 4.69) is 0 Å². The van der Waals surface area contributed by atoms with E-state index in [1.807, 2.05) is 43.0 Å². The fraction of sp³-hybridized carbons (Fsp3) is 0.400. The highest BCUT2D eigenvalue weighted by atomic mass is 35.5. The van der Waals surface area contributed by atoms with Gasteiger partial charge in [-0.15, -0.1) is 11.3 Å². The van der Waals surface area contributed by atoms with Crippen LogP contribution in [0.25, 0.3) is 10.1 Å². The lowest BCUT2D eigenvalue weighted by atomic mass is 10.2.